The molecule has 4 heterocycles. The summed E-state index contributed by atoms with van der Waals surface area (Å²) in [7, 11) is 0. The second-order valence-electron chi connectivity index (χ2n) is 9.93. The summed E-state index contributed by atoms with van der Waals surface area (Å²) in [4.78, 5) is 47.3. The molecule has 0 aliphatic carbocycles. The fourth-order valence-electron chi connectivity index (χ4n) is 5.27. The minimum Gasteiger partial charge on any atom is -0.329 e. The first-order valence-corrected chi connectivity index (χ1v) is 12.9. The Morgan fingerprint density at radius 3 is 2.48 bits per heavy atom. The number of amides is 3. The van der Waals surface area contributed by atoms with Crippen LogP contribution in [-0.2, 0) is 11.2 Å². The SMILES string of the molecule is CCC1CN(C(=O)NCC(F)(F)F)CC1c1cnc2cnc3c(ccn3C(=O)Cc3ccc(NC(C)=O)cc3)n12. The average molecular weight is 556 g/mol. The molecule has 0 radical (unpaired) electrons. The zero-order valence-corrected chi connectivity index (χ0v) is 21.9. The Bertz CT molecular complexity index is 1580. The number of carbonyl (C=O) groups is 3. The number of hydrogen-bond acceptors (Lipinski definition) is 5. The maximum Gasteiger partial charge on any atom is 0.405 e. The lowest BCUT2D eigenvalue weighted by atomic mass is 9.91. The summed E-state index contributed by atoms with van der Waals surface area (Å²) in [6.07, 6.45) is 1.27. The van der Waals surface area contributed by atoms with E-state index in [2.05, 4.69) is 15.3 Å². The van der Waals surface area contributed by atoms with Crippen molar-refractivity contribution in [2.75, 3.05) is 25.0 Å². The zero-order valence-electron chi connectivity index (χ0n) is 21.9. The van der Waals surface area contributed by atoms with E-state index in [1.165, 1.54) is 16.4 Å². The molecule has 2 unspecified atom stereocenters. The summed E-state index contributed by atoms with van der Waals surface area (Å²) in [5.41, 5.74) is 3.88. The van der Waals surface area contributed by atoms with Gasteiger partial charge < -0.3 is 15.5 Å². The maximum atomic E-state index is 13.2. The third kappa shape index (κ3) is 5.49. The van der Waals surface area contributed by atoms with Crippen LogP contribution < -0.4 is 10.6 Å². The lowest BCUT2D eigenvalue weighted by Crippen LogP contribution is -2.42. The number of aromatic nitrogens is 4. The first-order chi connectivity index (χ1) is 19.0. The van der Waals surface area contributed by atoms with Crippen molar-refractivity contribution in [3.63, 3.8) is 0 Å². The van der Waals surface area contributed by atoms with Crippen molar-refractivity contribution in [2.24, 2.45) is 5.92 Å². The monoisotopic (exact) mass is 555 g/mol. The van der Waals surface area contributed by atoms with Gasteiger partial charge in [-0.05, 0) is 29.7 Å². The minimum atomic E-state index is -4.49. The third-order valence-corrected chi connectivity index (χ3v) is 7.17. The van der Waals surface area contributed by atoms with Gasteiger partial charge in [0, 0.05) is 49.7 Å². The van der Waals surface area contributed by atoms with Crippen LogP contribution in [0.15, 0.2) is 48.9 Å². The van der Waals surface area contributed by atoms with Gasteiger partial charge in [-0.2, -0.15) is 13.2 Å². The number of halogens is 3. The highest BCUT2D eigenvalue weighted by molar-refractivity contribution is 5.91. The Kier molecular flexibility index (Phi) is 7.21. The highest BCUT2D eigenvalue weighted by Gasteiger charge is 2.38. The number of anilines is 1. The van der Waals surface area contributed by atoms with Gasteiger partial charge in [0.2, 0.25) is 11.8 Å². The van der Waals surface area contributed by atoms with Gasteiger partial charge in [-0.3, -0.25) is 18.6 Å². The number of nitrogens with zero attached hydrogens (tertiary/aromatic N) is 5. The Morgan fingerprint density at radius 2 is 1.80 bits per heavy atom. The van der Waals surface area contributed by atoms with Crippen molar-refractivity contribution < 1.29 is 27.6 Å². The molecule has 0 spiro atoms. The normalized spacial score (nSPS) is 17.5. The molecule has 13 heteroatoms. The molecule has 210 valence electrons. The van der Waals surface area contributed by atoms with Crippen LogP contribution in [0.5, 0.6) is 0 Å². The van der Waals surface area contributed by atoms with Crippen molar-refractivity contribution in [3.05, 3.63) is 60.2 Å². The number of benzene rings is 1. The highest BCUT2D eigenvalue weighted by atomic mass is 19.4. The second-order valence-corrected chi connectivity index (χ2v) is 9.93. The van der Waals surface area contributed by atoms with Gasteiger partial charge in [-0.1, -0.05) is 25.5 Å². The van der Waals surface area contributed by atoms with Crippen LogP contribution in [0, 0.1) is 5.92 Å². The van der Waals surface area contributed by atoms with E-state index in [0.29, 0.717) is 29.0 Å². The summed E-state index contributed by atoms with van der Waals surface area (Å²) in [5, 5.41) is 4.65. The molecule has 0 bridgehead atoms. The fourth-order valence-corrected chi connectivity index (χ4v) is 5.27. The van der Waals surface area contributed by atoms with E-state index < -0.39 is 18.8 Å². The van der Waals surface area contributed by atoms with E-state index in [9.17, 15) is 27.6 Å². The molecule has 1 aromatic carbocycles. The summed E-state index contributed by atoms with van der Waals surface area (Å²) in [6, 6.07) is 8.04. The van der Waals surface area contributed by atoms with Crippen LogP contribution in [0.4, 0.5) is 23.7 Å². The van der Waals surface area contributed by atoms with E-state index in [0.717, 1.165) is 17.7 Å². The Hall–Kier alpha value is -4.42. The number of hydrogen-bond donors (Lipinski definition) is 2. The molecule has 2 atom stereocenters. The molecule has 0 saturated carbocycles. The number of nitrogens with one attached hydrogen (secondary N) is 2. The standard InChI is InChI=1S/C27H28F3N7O3/c1-3-18-13-35(26(40)33-15-27(28,29)30)14-20(18)22-11-31-23-12-32-25-21(37(22)23)8-9-36(25)24(39)10-17-4-6-19(7-5-17)34-16(2)38/h4-9,11-12,18,20H,3,10,13-15H2,1-2H3,(H,33,40)(H,34,38). The molecular weight excluding hydrogens is 527 g/mol. The summed E-state index contributed by atoms with van der Waals surface area (Å²) in [5.74, 6) is -0.526. The predicted octanol–water partition coefficient (Wildman–Crippen LogP) is 4.22. The molecule has 3 amide bonds. The van der Waals surface area contributed by atoms with E-state index in [-0.39, 0.29) is 36.6 Å². The van der Waals surface area contributed by atoms with E-state index in [1.54, 1.807) is 48.9 Å². The van der Waals surface area contributed by atoms with Crippen LogP contribution in [-0.4, -0.2) is 67.5 Å². The van der Waals surface area contributed by atoms with Crippen LogP contribution >= 0.6 is 0 Å². The number of urea groups is 1. The average Bonchev–Trinajstić information content (AvgIpc) is 3.63. The third-order valence-electron chi connectivity index (χ3n) is 7.17. The molecule has 5 rings (SSSR count). The van der Waals surface area contributed by atoms with Gasteiger partial charge in [-0.15, -0.1) is 0 Å². The summed E-state index contributed by atoms with van der Waals surface area (Å²) < 4.78 is 41.2. The fraction of sp³-hybridized carbons (Fsp3) is 0.370. The Morgan fingerprint density at radius 1 is 1.05 bits per heavy atom. The first kappa shape index (κ1) is 27.2. The molecule has 1 aliphatic heterocycles. The van der Waals surface area contributed by atoms with E-state index >= 15 is 0 Å². The number of carbonyl (C=O) groups excluding carboxylic acids is 3. The smallest absolute Gasteiger partial charge is 0.329 e. The number of rotatable bonds is 6. The summed E-state index contributed by atoms with van der Waals surface area (Å²) in [6.45, 7) is 2.59. The van der Waals surface area contributed by atoms with Crippen LogP contribution in [0.1, 0.15) is 42.2 Å². The second kappa shape index (κ2) is 10.6. The van der Waals surface area contributed by atoms with Gasteiger partial charge in [0.15, 0.2) is 11.3 Å². The van der Waals surface area contributed by atoms with Gasteiger partial charge in [0.05, 0.1) is 18.1 Å². The number of likely N-dealkylation sites (tertiary alicyclic amines) is 1. The van der Waals surface area contributed by atoms with Gasteiger partial charge >= 0.3 is 12.2 Å². The maximum absolute atomic E-state index is 13.2. The van der Waals surface area contributed by atoms with Gasteiger partial charge in [0.1, 0.15) is 6.54 Å². The van der Waals surface area contributed by atoms with E-state index in [1.807, 2.05) is 16.6 Å². The topological polar surface area (TPSA) is 114 Å². The molecule has 1 aliphatic rings. The van der Waals surface area contributed by atoms with Gasteiger partial charge in [-0.25, -0.2) is 14.8 Å². The number of imidazole rings is 1. The molecule has 3 aromatic heterocycles. The molecule has 1 saturated heterocycles. The highest BCUT2D eigenvalue weighted by Crippen LogP contribution is 2.36. The first-order valence-electron chi connectivity index (χ1n) is 12.9. The van der Waals surface area contributed by atoms with Crippen molar-refractivity contribution in [2.45, 2.75) is 38.8 Å². The van der Waals surface area contributed by atoms with Gasteiger partial charge in [0.25, 0.3) is 0 Å². The molecule has 2 N–H and O–H groups in total. The number of alkyl halides is 3. The molecule has 10 nitrogen and oxygen atoms in total. The van der Waals surface area contributed by atoms with Crippen LogP contribution in [0.3, 0.4) is 0 Å². The Balaban J connectivity index is 1.40. The van der Waals surface area contributed by atoms with Crippen LogP contribution in [0.25, 0.3) is 16.8 Å². The molecule has 4 aromatic rings. The molecule has 40 heavy (non-hydrogen) atoms. The quantitative estimate of drug-likeness (QED) is 0.370. The molecule has 1 fully saturated rings. The van der Waals surface area contributed by atoms with Crippen LogP contribution in [0.2, 0.25) is 0 Å². The van der Waals surface area contributed by atoms with E-state index in [4.69, 9.17) is 0 Å². The summed E-state index contributed by atoms with van der Waals surface area (Å²) >= 11 is 0. The molecular formula is C27H28F3N7O3. The largest absolute Gasteiger partial charge is 0.405 e. The zero-order chi connectivity index (χ0) is 28.6. The van der Waals surface area contributed by atoms with Crippen molar-refractivity contribution in [1.82, 2.24) is 29.2 Å². The number of fused-ring (bicyclic) bond motifs is 3. The lowest BCUT2D eigenvalue weighted by Gasteiger charge is -2.18. The van der Waals surface area contributed by atoms with Crippen molar-refractivity contribution in [1.29, 1.82) is 0 Å². The lowest BCUT2D eigenvalue weighted by molar-refractivity contribution is -0.123. The van der Waals surface area contributed by atoms with Crippen molar-refractivity contribution in [3.8, 4) is 0 Å². The van der Waals surface area contributed by atoms with Crippen molar-refractivity contribution >= 4 is 40.3 Å². The Labute approximate surface area is 227 Å². The predicted molar refractivity (Wildman–Crippen MR) is 141 cm³/mol. The minimum absolute atomic E-state index is 0.0175.